The summed E-state index contributed by atoms with van der Waals surface area (Å²) in [6, 6.07) is 13.4. The predicted molar refractivity (Wildman–Crippen MR) is 102 cm³/mol. The van der Waals surface area contributed by atoms with Gasteiger partial charge in [0.25, 0.3) is 5.91 Å². The molecule has 26 heavy (non-hydrogen) atoms. The summed E-state index contributed by atoms with van der Waals surface area (Å²) < 4.78 is 5.33. The molecule has 0 aliphatic heterocycles. The lowest BCUT2D eigenvalue weighted by atomic mass is 9.97. The van der Waals surface area contributed by atoms with Crippen LogP contribution in [0, 0.1) is 0 Å². The molecule has 6 nitrogen and oxygen atoms in total. The van der Waals surface area contributed by atoms with E-state index in [4.69, 9.17) is 4.74 Å². The molecule has 0 bridgehead atoms. The van der Waals surface area contributed by atoms with Crippen LogP contribution < -0.4 is 10.1 Å². The van der Waals surface area contributed by atoms with Crippen LogP contribution in [0.1, 0.15) is 47.1 Å². The number of nitrogens with zero attached hydrogens (tertiary/aromatic N) is 3. The van der Waals surface area contributed by atoms with Gasteiger partial charge < -0.3 is 4.74 Å². The number of ether oxygens (including phenoxy) is 1. The first kappa shape index (κ1) is 18.0. The first-order valence-corrected chi connectivity index (χ1v) is 9.31. The highest BCUT2D eigenvalue weighted by atomic mass is 32.1. The zero-order valence-corrected chi connectivity index (χ0v) is 15.5. The van der Waals surface area contributed by atoms with Crippen LogP contribution in [0.25, 0.3) is 0 Å². The lowest BCUT2D eigenvalue weighted by Crippen LogP contribution is -2.12. The van der Waals surface area contributed by atoms with Gasteiger partial charge in [0.1, 0.15) is 5.01 Å². The number of aromatic nitrogens is 3. The Balaban J connectivity index is 1.73. The molecule has 7 heteroatoms. The molecule has 3 rings (SSSR count). The third-order valence-corrected chi connectivity index (χ3v) is 4.81. The number of hydrogen-bond donors (Lipinski definition) is 1. The normalized spacial score (nSPS) is 11.8. The van der Waals surface area contributed by atoms with Crippen LogP contribution in [-0.4, -0.2) is 27.7 Å². The second-order valence-electron chi connectivity index (χ2n) is 5.59. The Morgan fingerprint density at radius 3 is 2.73 bits per heavy atom. The van der Waals surface area contributed by atoms with Crippen LogP contribution in [0.4, 0.5) is 5.13 Å². The Morgan fingerprint density at radius 2 is 2.00 bits per heavy atom. The Hall–Kier alpha value is -2.80. The predicted octanol–water partition coefficient (Wildman–Crippen LogP) is 4.13. The number of anilines is 1. The largest absolute Gasteiger partial charge is 0.478 e. The van der Waals surface area contributed by atoms with Crippen molar-refractivity contribution in [1.82, 2.24) is 15.2 Å². The van der Waals surface area contributed by atoms with Crippen molar-refractivity contribution in [2.75, 3.05) is 11.9 Å². The van der Waals surface area contributed by atoms with Crippen molar-refractivity contribution in [2.24, 2.45) is 0 Å². The van der Waals surface area contributed by atoms with E-state index < -0.39 is 0 Å². The molecule has 134 valence electrons. The van der Waals surface area contributed by atoms with Gasteiger partial charge in [0, 0.05) is 23.7 Å². The average Bonchev–Trinajstić information content (AvgIpc) is 3.12. The second kappa shape index (κ2) is 8.53. The van der Waals surface area contributed by atoms with E-state index in [-0.39, 0.29) is 11.8 Å². The highest BCUT2D eigenvalue weighted by Gasteiger charge is 2.18. The van der Waals surface area contributed by atoms with Gasteiger partial charge in [-0.2, -0.15) is 0 Å². The van der Waals surface area contributed by atoms with Crippen LogP contribution >= 0.6 is 11.3 Å². The number of rotatable bonds is 7. The molecule has 2 aromatic heterocycles. The summed E-state index contributed by atoms with van der Waals surface area (Å²) in [6.07, 6.45) is 2.46. The fourth-order valence-electron chi connectivity index (χ4n) is 2.61. The third-order valence-electron chi connectivity index (χ3n) is 3.86. The van der Waals surface area contributed by atoms with Gasteiger partial charge in [-0.25, -0.2) is 4.98 Å². The Morgan fingerprint density at radius 1 is 1.19 bits per heavy atom. The maximum absolute atomic E-state index is 12.4. The number of pyridine rings is 1. The van der Waals surface area contributed by atoms with Gasteiger partial charge in [-0.3, -0.25) is 10.1 Å². The number of hydrogen-bond acceptors (Lipinski definition) is 6. The number of benzene rings is 1. The van der Waals surface area contributed by atoms with E-state index in [1.807, 2.05) is 25.1 Å². The van der Waals surface area contributed by atoms with Crippen LogP contribution in [0.15, 0.2) is 48.7 Å². The van der Waals surface area contributed by atoms with Gasteiger partial charge in [-0.1, -0.05) is 48.6 Å². The number of carbonyl (C=O) groups is 1. The van der Waals surface area contributed by atoms with Crippen molar-refractivity contribution in [3.05, 3.63) is 64.8 Å². The fraction of sp³-hybridized carbons (Fsp3) is 0.263. The van der Waals surface area contributed by atoms with Gasteiger partial charge >= 0.3 is 0 Å². The van der Waals surface area contributed by atoms with Crippen molar-refractivity contribution in [1.29, 1.82) is 0 Å². The van der Waals surface area contributed by atoms with Crippen LogP contribution in [0.5, 0.6) is 5.88 Å². The summed E-state index contributed by atoms with van der Waals surface area (Å²) in [5, 5.41) is 12.6. The quantitative estimate of drug-likeness (QED) is 0.679. The SMILES string of the molecule is CCOc1cc(C(=O)Nc2nnc(C(CC)c3ccccc3)s2)ccn1. The highest BCUT2D eigenvalue weighted by Crippen LogP contribution is 2.31. The average molecular weight is 368 g/mol. The summed E-state index contributed by atoms with van der Waals surface area (Å²) in [5.74, 6) is 0.335. The van der Waals surface area contributed by atoms with Gasteiger partial charge in [0.05, 0.1) is 6.61 Å². The minimum Gasteiger partial charge on any atom is -0.478 e. The van der Waals surface area contributed by atoms with E-state index in [2.05, 4.69) is 39.6 Å². The van der Waals surface area contributed by atoms with E-state index in [0.29, 0.717) is 23.2 Å². The molecule has 1 atom stereocenters. The van der Waals surface area contributed by atoms with Crippen molar-refractivity contribution >= 4 is 22.4 Å². The Labute approximate surface area is 156 Å². The van der Waals surface area contributed by atoms with Crippen molar-refractivity contribution in [3.63, 3.8) is 0 Å². The molecular formula is C19H20N4O2S. The zero-order chi connectivity index (χ0) is 18.4. The zero-order valence-electron chi connectivity index (χ0n) is 14.7. The van der Waals surface area contributed by atoms with E-state index in [0.717, 1.165) is 11.4 Å². The summed E-state index contributed by atoms with van der Waals surface area (Å²) in [7, 11) is 0. The Kier molecular flexibility index (Phi) is 5.91. The molecule has 2 heterocycles. The molecule has 3 aromatic rings. The lowest BCUT2D eigenvalue weighted by molar-refractivity contribution is 0.102. The molecule has 1 unspecified atom stereocenters. The molecule has 1 N–H and O–H groups in total. The van der Waals surface area contributed by atoms with E-state index >= 15 is 0 Å². The lowest BCUT2D eigenvalue weighted by Gasteiger charge is -2.11. The van der Waals surface area contributed by atoms with Gasteiger partial charge in [0.2, 0.25) is 11.0 Å². The summed E-state index contributed by atoms with van der Waals surface area (Å²) in [5.41, 5.74) is 1.66. The Bertz CT molecular complexity index is 867. The number of nitrogens with one attached hydrogen (secondary N) is 1. The smallest absolute Gasteiger partial charge is 0.257 e. The monoisotopic (exact) mass is 368 g/mol. The molecular weight excluding hydrogens is 348 g/mol. The first-order valence-electron chi connectivity index (χ1n) is 8.49. The molecule has 0 fully saturated rings. The van der Waals surface area contributed by atoms with Crippen LogP contribution in [0.3, 0.4) is 0 Å². The highest BCUT2D eigenvalue weighted by molar-refractivity contribution is 7.15. The number of amides is 1. The van der Waals surface area contributed by atoms with E-state index in [1.54, 1.807) is 18.3 Å². The van der Waals surface area contributed by atoms with Crippen molar-refractivity contribution < 1.29 is 9.53 Å². The van der Waals surface area contributed by atoms with Crippen LogP contribution in [-0.2, 0) is 0 Å². The third kappa shape index (κ3) is 4.23. The maximum Gasteiger partial charge on any atom is 0.257 e. The van der Waals surface area contributed by atoms with E-state index in [1.165, 1.54) is 16.9 Å². The van der Waals surface area contributed by atoms with Crippen molar-refractivity contribution in [2.45, 2.75) is 26.2 Å². The topological polar surface area (TPSA) is 77.0 Å². The minimum absolute atomic E-state index is 0.171. The molecule has 0 saturated heterocycles. The summed E-state index contributed by atoms with van der Waals surface area (Å²) in [6.45, 7) is 4.48. The molecule has 0 aliphatic rings. The number of carbonyl (C=O) groups excluding carboxylic acids is 1. The second-order valence-corrected chi connectivity index (χ2v) is 6.60. The first-order chi connectivity index (χ1) is 12.7. The van der Waals surface area contributed by atoms with Crippen molar-refractivity contribution in [3.8, 4) is 5.88 Å². The molecule has 1 amide bonds. The molecule has 1 aromatic carbocycles. The molecule has 0 spiro atoms. The maximum atomic E-state index is 12.4. The standard InChI is InChI=1S/C19H20N4O2S/c1-3-15(13-8-6-5-7-9-13)18-22-23-19(26-18)21-17(24)14-10-11-20-16(12-14)25-4-2/h5-12,15H,3-4H2,1-2H3,(H,21,23,24). The summed E-state index contributed by atoms with van der Waals surface area (Å²) >= 11 is 1.40. The van der Waals surface area contributed by atoms with Gasteiger partial charge in [-0.15, -0.1) is 10.2 Å². The fourth-order valence-corrected chi connectivity index (χ4v) is 3.56. The molecule has 0 aliphatic carbocycles. The van der Waals surface area contributed by atoms with Crippen LogP contribution in [0.2, 0.25) is 0 Å². The minimum atomic E-state index is -0.260. The van der Waals surface area contributed by atoms with E-state index in [9.17, 15) is 4.79 Å². The van der Waals surface area contributed by atoms with Gasteiger partial charge in [0.15, 0.2) is 0 Å². The van der Waals surface area contributed by atoms with Gasteiger partial charge in [-0.05, 0) is 25.0 Å². The summed E-state index contributed by atoms with van der Waals surface area (Å²) in [4.78, 5) is 16.5. The molecule has 0 radical (unpaired) electrons. The molecule has 0 saturated carbocycles.